The molecule has 1 heterocycles. The first-order chi connectivity index (χ1) is 11.3. The second-order valence-electron chi connectivity index (χ2n) is 5.77. The standard InChI is InChI=1S/C17H20ClN3O3/c1-11(2)20(9-8-16(22)23)17(24)14-10-12(3)21(19-14)15-7-5-4-6-13(15)18/h4-7,10-11H,8-9H2,1-3H3,(H,22,23). The van der Waals surface area contributed by atoms with Crippen LogP contribution in [-0.4, -0.2) is 44.3 Å². The predicted molar refractivity (Wildman–Crippen MR) is 91.7 cm³/mol. The fourth-order valence-corrected chi connectivity index (χ4v) is 2.62. The van der Waals surface area contributed by atoms with Crippen LogP contribution in [0.4, 0.5) is 0 Å². The Morgan fingerprint density at radius 2 is 2.00 bits per heavy atom. The Hall–Kier alpha value is -2.34. The Balaban J connectivity index is 2.32. The van der Waals surface area contributed by atoms with Crippen LogP contribution in [0.2, 0.25) is 5.02 Å². The summed E-state index contributed by atoms with van der Waals surface area (Å²) in [6.45, 7) is 5.67. The highest BCUT2D eigenvalue weighted by Crippen LogP contribution is 2.21. The lowest BCUT2D eigenvalue weighted by atomic mass is 10.2. The number of carbonyl (C=O) groups excluding carboxylic acids is 1. The normalized spacial score (nSPS) is 10.9. The molecule has 0 saturated carbocycles. The summed E-state index contributed by atoms with van der Waals surface area (Å²) < 4.78 is 1.62. The first kappa shape index (κ1) is 18.0. The van der Waals surface area contributed by atoms with Crippen molar-refractivity contribution in [1.82, 2.24) is 14.7 Å². The molecule has 0 saturated heterocycles. The number of aromatic nitrogens is 2. The second-order valence-corrected chi connectivity index (χ2v) is 6.18. The number of hydrogen-bond donors (Lipinski definition) is 1. The van der Waals surface area contributed by atoms with E-state index in [1.807, 2.05) is 39.0 Å². The average molecular weight is 350 g/mol. The number of aliphatic carboxylic acids is 1. The molecule has 1 amide bonds. The molecule has 0 unspecified atom stereocenters. The van der Waals surface area contributed by atoms with Crippen LogP contribution in [-0.2, 0) is 4.79 Å². The van der Waals surface area contributed by atoms with E-state index < -0.39 is 5.97 Å². The van der Waals surface area contributed by atoms with Gasteiger partial charge in [-0.25, -0.2) is 4.68 Å². The summed E-state index contributed by atoms with van der Waals surface area (Å²) in [6.07, 6.45) is -0.103. The fraction of sp³-hybridized carbons (Fsp3) is 0.353. The monoisotopic (exact) mass is 349 g/mol. The van der Waals surface area contributed by atoms with E-state index in [9.17, 15) is 9.59 Å². The number of aryl methyl sites for hydroxylation is 1. The first-order valence-electron chi connectivity index (χ1n) is 7.65. The summed E-state index contributed by atoms with van der Waals surface area (Å²) in [7, 11) is 0. The van der Waals surface area contributed by atoms with E-state index in [1.54, 1.807) is 16.8 Å². The predicted octanol–water partition coefficient (Wildman–Crippen LogP) is 3.16. The van der Waals surface area contributed by atoms with Crippen LogP contribution in [0.25, 0.3) is 5.69 Å². The highest BCUT2D eigenvalue weighted by Gasteiger charge is 2.23. The zero-order valence-corrected chi connectivity index (χ0v) is 14.6. The number of para-hydroxylation sites is 1. The smallest absolute Gasteiger partial charge is 0.305 e. The molecule has 0 aliphatic rings. The van der Waals surface area contributed by atoms with E-state index in [0.717, 1.165) is 5.69 Å². The molecule has 0 aliphatic heterocycles. The molecule has 0 aliphatic carbocycles. The quantitative estimate of drug-likeness (QED) is 0.869. The molecule has 2 rings (SSSR count). The molecule has 7 heteroatoms. The summed E-state index contributed by atoms with van der Waals surface area (Å²) in [5.41, 5.74) is 1.73. The summed E-state index contributed by atoms with van der Waals surface area (Å²) in [4.78, 5) is 25.0. The van der Waals surface area contributed by atoms with Gasteiger partial charge in [-0.1, -0.05) is 23.7 Å². The maximum atomic E-state index is 12.7. The van der Waals surface area contributed by atoms with Gasteiger partial charge in [0.05, 0.1) is 17.1 Å². The van der Waals surface area contributed by atoms with Gasteiger partial charge in [-0.2, -0.15) is 5.10 Å². The maximum absolute atomic E-state index is 12.7. The van der Waals surface area contributed by atoms with Crippen molar-refractivity contribution in [3.63, 3.8) is 0 Å². The van der Waals surface area contributed by atoms with Gasteiger partial charge in [0.1, 0.15) is 0 Å². The molecule has 0 fully saturated rings. The van der Waals surface area contributed by atoms with E-state index in [1.165, 1.54) is 4.90 Å². The van der Waals surface area contributed by atoms with E-state index in [2.05, 4.69) is 5.10 Å². The zero-order chi connectivity index (χ0) is 17.9. The molecule has 1 aromatic carbocycles. The van der Waals surface area contributed by atoms with Crippen molar-refractivity contribution in [2.45, 2.75) is 33.2 Å². The van der Waals surface area contributed by atoms with Gasteiger partial charge in [-0.3, -0.25) is 9.59 Å². The lowest BCUT2D eigenvalue weighted by Gasteiger charge is -2.25. The zero-order valence-electron chi connectivity index (χ0n) is 13.9. The van der Waals surface area contributed by atoms with Gasteiger partial charge in [0.15, 0.2) is 5.69 Å². The molecule has 0 spiro atoms. The summed E-state index contributed by atoms with van der Waals surface area (Å²) in [5, 5.41) is 13.8. The van der Waals surface area contributed by atoms with Gasteiger partial charge in [0.25, 0.3) is 5.91 Å². The molecule has 2 aromatic rings. The third-order valence-electron chi connectivity index (χ3n) is 3.64. The summed E-state index contributed by atoms with van der Waals surface area (Å²) >= 11 is 6.20. The Morgan fingerprint density at radius 3 is 2.58 bits per heavy atom. The van der Waals surface area contributed by atoms with E-state index >= 15 is 0 Å². The first-order valence-corrected chi connectivity index (χ1v) is 8.03. The molecule has 0 atom stereocenters. The van der Waals surface area contributed by atoms with E-state index in [0.29, 0.717) is 10.7 Å². The molecule has 0 radical (unpaired) electrons. The minimum atomic E-state index is -0.939. The number of hydrogen-bond acceptors (Lipinski definition) is 3. The van der Waals surface area contributed by atoms with Gasteiger partial charge in [-0.05, 0) is 39.0 Å². The number of halogens is 1. The highest BCUT2D eigenvalue weighted by atomic mass is 35.5. The van der Waals surface area contributed by atoms with E-state index in [4.69, 9.17) is 16.7 Å². The van der Waals surface area contributed by atoms with Gasteiger partial charge in [0.2, 0.25) is 0 Å². The van der Waals surface area contributed by atoms with Crippen molar-refractivity contribution in [3.05, 3.63) is 46.7 Å². The number of benzene rings is 1. The number of carboxylic acids is 1. The third kappa shape index (κ3) is 3.94. The highest BCUT2D eigenvalue weighted by molar-refractivity contribution is 6.32. The molecule has 0 bridgehead atoms. The van der Waals surface area contributed by atoms with Crippen molar-refractivity contribution < 1.29 is 14.7 Å². The van der Waals surface area contributed by atoms with Gasteiger partial charge in [0, 0.05) is 18.3 Å². The topological polar surface area (TPSA) is 75.4 Å². The van der Waals surface area contributed by atoms with Crippen LogP contribution < -0.4 is 0 Å². The Bertz CT molecular complexity index is 755. The van der Waals surface area contributed by atoms with Crippen molar-refractivity contribution in [2.75, 3.05) is 6.54 Å². The minimum Gasteiger partial charge on any atom is -0.481 e. The van der Waals surface area contributed by atoms with Crippen LogP contribution in [0.1, 0.15) is 36.5 Å². The number of rotatable bonds is 6. The van der Waals surface area contributed by atoms with Crippen molar-refractivity contribution in [2.24, 2.45) is 0 Å². The SMILES string of the molecule is Cc1cc(C(=O)N(CCC(=O)O)C(C)C)nn1-c1ccccc1Cl. The van der Waals surface area contributed by atoms with Crippen LogP contribution in [0.5, 0.6) is 0 Å². The van der Waals surface area contributed by atoms with E-state index in [-0.39, 0.29) is 30.6 Å². The van der Waals surface area contributed by atoms with Gasteiger partial charge < -0.3 is 10.0 Å². The number of amides is 1. The lowest BCUT2D eigenvalue weighted by Crippen LogP contribution is -2.38. The van der Waals surface area contributed by atoms with Crippen molar-refractivity contribution >= 4 is 23.5 Å². The Kier molecular flexibility index (Phi) is 5.62. The van der Waals surface area contributed by atoms with Crippen LogP contribution in [0.15, 0.2) is 30.3 Å². The summed E-state index contributed by atoms with van der Waals surface area (Å²) in [6, 6.07) is 8.80. The van der Waals surface area contributed by atoms with Crippen molar-refractivity contribution in [3.8, 4) is 5.69 Å². The molecule has 1 N–H and O–H groups in total. The molecule has 6 nitrogen and oxygen atoms in total. The Labute approximate surface area is 145 Å². The number of carbonyl (C=O) groups is 2. The molecular weight excluding hydrogens is 330 g/mol. The molecule has 24 heavy (non-hydrogen) atoms. The van der Waals surface area contributed by atoms with Crippen molar-refractivity contribution in [1.29, 1.82) is 0 Å². The lowest BCUT2D eigenvalue weighted by molar-refractivity contribution is -0.137. The van der Waals surface area contributed by atoms with Gasteiger partial charge >= 0.3 is 5.97 Å². The largest absolute Gasteiger partial charge is 0.481 e. The Morgan fingerprint density at radius 1 is 1.33 bits per heavy atom. The van der Waals surface area contributed by atoms with Crippen LogP contribution >= 0.6 is 11.6 Å². The third-order valence-corrected chi connectivity index (χ3v) is 3.96. The van der Waals surface area contributed by atoms with Gasteiger partial charge in [-0.15, -0.1) is 0 Å². The molecular formula is C17H20ClN3O3. The summed E-state index contributed by atoms with van der Waals surface area (Å²) in [5.74, 6) is -1.23. The fourth-order valence-electron chi connectivity index (χ4n) is 2.40. The second kappa shape index (κ2) is 7.49. The molecule has 128 valence electrons. The number of carboxylic acid groups (broad SMARTS) is 1. The minimum absolute atomic E-state index is 0.103. The maximum Gasteiger partial charge on any atom is 0.305 e. The number of nitrogens with zero attached hydrogens (tertiary/aromatic N) is 3. The van der Waals surface area contributed by atoms with Crippen LogP contribution in [0, 0.1) is 6.92 Å². The van der Waals surface area contributed by atoms with Crippen LogP contribution in [0.3, 0.4) is 0 Å². The molecule has 1 aromatic heterocycles. The average Bonchev–Trinajstić information content (AvgIpc) is 2.89.